The van der Waals surface area contributed by atoms with Crippen LogP contribution in [0.4, 0.5) is 0 Å². The largest absolute Gasteiger partial charge is 0.345 e. The number of fused-ring (bicyclic) bond motifs is 1. The van der Waals surface area contributed by atoms with Crippen LogP contribution in [0.1, 0.15) is 0 Å². The van der Waals surface area contributed by atoms with Gasteiger partial charge in [-0.25, -0.2) is 13.4 Å². The quantitative estimate of drug-likeness (QED) is 0.393. The maximum atomic E-state index is 12.4. The lowest BCUT2D eigenvalue weighted by atomic mass is 10.4. The summed E-state index contributed by atoms with van der Waals surface area (Å²) in [5, 5.41) is 0.439. The Balaban J connectivity index is 2.25. The van der Waals surface area contributed by atoms with E-state index in [1.165, 1.54) is 12.1 Å². The molecule has 0 unspecified atom stereocenters. The summed E-state index contributed by atoms with van der Waals surface area (Å²) in [5.74, 6) is 0. The smallest absolute Gasteiger partial charge is 0.255 e. The van der Waals surface area contributed by atoms with Crippen LogP contribution in [0, 0.1) is 3.57 Å². The van der Waals surface area contributed by atoms with Crippen LogP contribution < -0.4 is 0 Å². The van der Waals surface area contributed by atoms with Gasteiger partial charge in [0.1, 0.15) is 10.8 Å². The maximum absolute atomic E-state index is 12.4. The lowest BCUT2D eigenvalue weighted by Crippen LogP contribution is -2.07. The van der Waals surface area contributed by atoms with Gasteiger partial charge >= 0.3 is 0 Å². The van der Waals surface area contributed by atoms with Gasteiger partial charge in [0.05, 0.1) is 10.3 Å². The lowest BCUT2D eigenvalue weighted by Gasteiger charge is -2.04. The van der Waals surface area contributed by atoms with Gasteiger partial charge in [-0.3, -0.25) is 0 Å². The van der Waals surface area contributed by atoms with Gasteiger partial charge in [-0.1, -0.05) is 29.8 Å². The van der Waals surface area contributed by atoms with Gasteiger partial charge in [0.25, 0.3) is 5.16 Å². The minimum atomic E-state index is -3.77. The third-order valence-corrected chi connectivity index (χ3v) is 5.39. The molecular formula is C12H7ClIN3O2S. The Morgan fingerprint density at radius 1 is 1.15 bits per heavy atom. The van der Waals surface area contributed by atoms with Crippen LogP contribution >= 0.6 is 34.2 Å². The number of aromatic amines is 1. The summed E-state index contributed by atoms with van der Waals surface area (Å²) in [7, 11) is -3.77. The number of hydrogen-bond acceptors (Lipinski definition) is 4. The number of hydrogen-bond donors (Lipinski definition) is 1. The van der Waals surface area contributed by atoms with E-state index in [0.29, 0.717) is 11.0 Å². The zero-order valence-electron chi connectivity index (χ0n) is 9.84. The van der Waals surface area contributed by atoms with Gasteiger partial charge in [0.15, 0.2) is 0 Å². The molecule has 0 amide bonds. The maximum Gasteiger partial charge on any atom is 0.255 e. The summed E-state index contributed by atoms with van der Waals surface area (Å²) in [5.41, 5.74) is 0.406. The third kappa shape index (κ3) is 2.19. The predicted molar refractivity (Wildman–Crippen MR) is 83.5 cm³/mol. The highest BCUT2D eigenvalue weighted by molar-refractivity contribution is 14.1. The Morgan fingerprint density at radius 2 is 1.85 bits per heavy atom. The number of H-pyrrole nitrogens is 1. The molecule has 0 radical (unpaired) electrons. The van der Waals surface area contributed by atoms with Crippen molar-refractivity contribution in [2.45, 2.75) is 10.1 Å². The lowest BCUT2D eigenvalue weighted by molar-refractivity contribution is 0.587. The van der Waals surface area contributed by atoms with Crippen molar-refractivity contribution in [1.29, 1.82) is 0 Å². The molecule has 0 bridgehead atoms. The van der Waals surface area contributed by atoms with E-state index >= 15 is 0 Å². The molecule has 0 aliphatic carbocycles. The molecule has 5 nitrogen and oxygen atoms in total. The fraction of sp³-hybridized carbons (Fsp3) is 0. The second kappa shape index (κ2) is 4.97. The molecule has 1 aromatic carbocycles. The van der Waals surface area contributed by atoms with Gasteiger partial charge < -0.3 is 4.98 Å². The Hall–Kier alpha value is -1.19. The van der Waals surface area contributed by atoms with E-state index in [4.69, 9.17) is 11.6 Å². The fourth-order valence-electron chi connectivity index (χ4n) is 1.76. The Morgan fingerprint density at radius 3 is 2.55 bits per heavy atom. The highest BCUT2D eigenvalue weighted by atomic mass is 127. The Kier molecular flexibility index (Phi) is 3.43. The molecular weight excluding hydrogens is 413 g/mol. The molecule has 0 aliphatic rings. The van der Waals surface area contributed by atoms with Crippen LogP contribution in [-0.2, 0) is 9.84 Å². The van der Waals surface area contributed by atoms with Crippen molar-refractivity contribution in [2.75, 3.05) is 0 Å². The monoisotopic (exact) mass is 419 g/mol. The summed E-state index contributed by atoms with van der Waals surface area (Å²) >= 11 is 8.14. The molecule has 1 N–H and O–H groups in total. The standard InChI is InChI=1S/C12H7ClIN3O2S/c13-10-9-8(14)6-15-11(9)17-12(16-10)20(18,19)7-4-2-1-3-5-7/h1-6H,(H,15,16,17). The van der Waals surface area contributed by atoms with Gasteiger partial charge in [0.2, 0.25) is 9.84 Å². The first kappa shape index (κ1) is 13.8. The average Bonchev–Trinajstić information content (AvgIpc) is 2.82. The third-order valence-electron chi connectivity index (χ3n) is 2.71. The van der Waals surface area contributed by atoms with Crippen LogP contribution in [-0.4, -0.2) is 23.4 Å². The van der Waals surface area contributed by atoms with Crippen molar-refractivity contribution >= 4 is 55.1 Å². The first-order valence-corrected chi connectivity index (χ1v) is 8.44. The van der Waals surface area contributed by atoms with Gasteiger partial charge in [0, 0.05) is 9.77 Å². The summed E-state index contributed by atoms with van der Waals surface area (Å²) < 4.78 is 25.7. The molecule has 0 aliphatic heterocycles. The number of rotatable bonds is 2. The van der Waals surface area contributed by atoms with Crippen molar-refractivity contribution in [1.82, 2.24) is 15.0 Å². The van der Waals surface area contributed by atoms with Gasteiger partial charge in [-0.05, 0) is 34.7 Å². The van der Waals surface area contributed by atoms with Crippen molar-refractivity contribution in [3.63, 3.8) is 0 Å². The average molecular weight is 420 g/mol. The van der Waals surface area contributed by atoms with Crippen LogP contribution in [0.2, 0.25) is 5.15 Å². The zero-order chi connectivity index (χ0) is 14.3. The van der Waals surface area contributed by atoms with Crippen molar-refractivity contribution in [2.24, 2.45) is 0 Å². The van der Waals surface area contributed by atoms with Gasteiger partial charge in [-0.15, -0.1) is 0 Å². The van der Waals surface area contributed by atoms with Crippen molar-refractivity contribution in [3.05, 3.63) is 45.3 Å². The number of nitrogens with zero attached hydrogens (tertiary/aromatic N) is 2. The first-order valence-electron chi connectivity index (χ1n) is 5.50. The van der Waals surface area contributed by atoms with E-state index in [0.717, 1.165) is 3.57 Å². The zero-order valence-corrected chi connectivity index (χ0v) is 13.6. The predicted octanol–water partition coefficient (Wildman–Crippen LogP) is 3.05. The minimum absolute atomic E-state index is 0.121. The molecule has 3 aromatic rings. The SMILES string of the molecule is O=S(=O)(c1ccccc1)c1nc(Cl)c2c(I)c[nH]c2n1. The fourth-order valence-corrected chi connectivity index (χ4v) is 4.06. The summed E-state index contributed by atoms with van der Waals surface area (Å²) in [4.78, 5) is 11.0. The molecule has 0 atom stereocenters. The molecule has 0 saturated carbocycles. The number of sulfone groups is 1. The molecule has 102 valence electrons. The Bertz CT molecular complexity index is 894. The first-order chi connectivity index (χ1) is 9.50. The minimum Gasteiger partial charge on any atom is -0.345 e. The van der Waals surface area contributed by atoms with Crippen molar-refractivity contribution < 1.29 is 8.42 Å². The van der Waals surface area contributed by atoms with E-state index in [2.05, 4.69) is 37.5 Å². The number of nitrogens with one attached hydrogen (secondary N) is 1. The van der Waals surface area contributed by atoms with Gasteiger partial charge in [-0.2, -0.15) is 4.98 Å². The Labute approximate surface area is 133 Å². The van der Waals surface area contributed by atoms with E-state index in [1.54, 1.807) is 24.4 Å². The summed E-state index contributed by atoms with van der Waals surface area (Å²) in [6.07, 6.45) is 1.70. The van der Waals surface area contributed by atoms with E-state index < -0.39 is 9.84 Å². The molecule has 3 rings (SSSR count). The summed E-state index contributed by atoms with van der Waals surface area (Å²) in [6, 6.07) is 8.02. The molecule has 8 heteroatoms. The molecule has 0 spiro atoms. The van der Waals surface area contributed by atoms with Crippen LogP contribution in [0.25, 0.3) is 11.0 Å². The number of aromatic nitrogens is 3. The highest BCUT2D eigenvalue weighted by Gasteiger charge is 2.23. The molecule has 20 heavy (non-hydrogen) atoms. The molecule has 2 heterocycles. The topological polar surface area (TPSA) is 75.7 Å². The van der Waals surface area contributed by atoms with Crippen LogP contribution in [0.15, 0.2) is 46.6 Å². The molecule has 2 aromatic heterocycles. The normalized spacial score (nSPS) is 11.9. The van der Waals surface area contributed by atoms with Crippen LogP contribution in [0.3, 0.4) is 0 Å². The van der Waals surface area contributed by atoms with Crippen LogP contribution in [0.5, 0.6) is 0 Å². The second-order valence-corrected chi connectivity index (χ2v) is 7.34. The second-order valence-electron chi connectivity index (χ2n) is 3.97. The van der Waals surface area contributed by atoms with E-state index in [-0.39, 0.29) is 15.2 Å². The number of halogens is 2. The van der Waals surface area contributed by atoms with E-state index in [9.17, 15) is 8.42 Å². The van der Waals surface area contributed by atoms with E-state index in [1.807, 2.05) is 0 Å². The molecule has 0 fully saturated rings. The highest BCUT2D eigenvalue weighted by Crippen LogP contribution is 2.27. The van der Waals surface area contributed by atoms with Crippen molar-refractivity contribution in [3.8, 4) is 0 Å². The molecule has 0 saturated heterocycles. The summed E-state index contributed by atoms with van der Waals surface area (Å²) in [6.45, 7) is 0. The number of benzene rings is 1.